The number of carbonyl (C=O) groups is 2. The number of halogens is 2. The molecule has 0 bridgehead atoms. The van der Waals surface area contributed by atoms with E-state index >= 15 is 0 Å². The van der Waals surface area contributed by atoms with E-state index in [-0.39, 0.29) is 18.1 Å². The lowest BCUT2D eigenvalue weighted by Crippen LogP contribution is -2.42. The van der Waals surface area contributed by atoms with Crippen molar-refractivity contribution >= 4 is 17.6 Å². The molecule has 1 aromatic rings. The molecule has 0 saturated carbocycles. The molecule has 5 nitrogen and oxygen atoms in total. The van der Waals surface area contributed by atoms with Crippen molar-refractivity contribution < 1.29 is 23.5 Å². The number of hydrogen-bond donors (Lipinski definition) is 2. The highest BCUT2D eigenvalue weighted by Gasteiger charge is 2.26. The Morgan fingerprint density at radius 3 is 2.52 bits per heavy atom. The number of carboxylic acids is 1. The van der Waals surface area contributed by atoms with Crippen LogP contribution in [-0.4, -0.2) is 41.5 Å². The lowest BCUT2D eigenvalue weighted by Gasteiger charge is -2.30. The van der Waals surface area contributed by atoms with Crippen LogP contribution in [0.25, 0.3) is 0 Å². The van der Waals surface area contributed by atoms with E-state index in [1.54, 1.807) is 4.90 Å². The van der Waals surface area contributed by atoms with Gasteiger partial charge in [0.25, 0.3) is 0 Å². The third-order valence-electron chi connectivity index (χ3n) is 3.56. The molecule has 1 aromatic carbocycles. The molecule has 2 N–H and O–H groups in total. The number of likely N-dealkylation sites (tertiary alicyclic amines) is 1. The SMILES string of the molecule is O=C(O)C1CCN(C(=O)CNc2ccc(F)cc2F)CC1. The first-order valence-corrected chi connectivity index (χ1v) is 6.67. The Labute approximate surface area is 120 Å². The first kappa shape index (κ1) is 15.2. The molecular weight excluding hydrogens is 282 g/mol. The number of hydrogen-bond acceptors (Lipinski definition) is 3. The highest BCUT2D eigenvalue weighted by atomic mass is 19.1. The van der Waals surface area contributed by atoms with Crippen molar-refractivity contribution in [2.75, 3.05) is 25.0 Å². The van der Waals surface area contributed by atoms with Crippen LogP contribution in [0, 0.1) is 17.6 Å². The average molecular weight is 298 g/mol. The van der Waals surface area contributed by atoms with Crippen LogP contribution in [0.3, 0.4) is 0 Å². The van der Waals surface area contributed by atoms with Crippen LogP contribution >= 0.6 is 0 Å². The molecule has 0 spiro atoms. The second kappa shape index (κ2) is 6.51. The van der Waals surface area contributed by atoms with Gasteiger partial charge in [-0.3, -0.25) is 9.59 Å². The topological polar surface area (TPSA) is 69.6 Å². The van der Waals surface area contributed by atoms with E-state index in [9.17, 15) is 18.4 Å². The number of nitrogens with one attached hydrogen (secondary N) is 1. The summed E-state index contributed by atoms with van der Waals surface area (Å²) in [5, 5.41) is 11.5. The molecule has 0 atom stereocenters. The maximum absolute atomic E-state index is 13.4. The van der Waals surface area contributed by atoms with Crippen LogP contribution in [0.1, 0.15) is 12.8 Å². The monoisotopic (exact) mass is 298 g/mol. The highest BCUT2D eigenvalue weighted by molar-refractivity contribution is 5.81. The summed E-state index contributed by atoms with van der Waals surface area (Å²) in [5.74, 6) is -2.92. The van der Waals surface area contributed by atoms with E-state index in [0.29, 0.717) is 25.9 Å². The standard InChI is InChI=1S/C14H16F2N2O3/c15-10-1-2-12(11(16)7-10)17-8-13(19)18-5-3-9(4-6-18)14(20)21/h1-2,7,9,17H,3-6,8H2,(H,20,21). The van der Waals surface area contributed by atoms with Gasteiger partial charge in [0, 0.05) is 19.2 Å². The maximum atomic E-state index is 13.4. The molecule has 1 heterocycles. The molecule has 1 fully saturated rings. The van der Waals surface area contributed by atoms with Crippen LogP contribution in [0.2, 0.25) is 0 Å². The Bertz CT molecular complexity index is 543. The van der Waals surface area contributed by atoms with Crippen LogP contribution < -0.4 is 5.32 Å². The molecule has 2 rings (SSSR count). The zero-order chi connectivity index (χ0) is 15.4. The number of aliphatic carboxylic acids is 1. The largest absolute Gasteiger partial charge is 0.481 e. The van der Waals surface area contributed by atoms with Crippen molar-refractivity contribution in [2.24, 2.45) is 5.92 Å². The van der Waals surface area contributed by atoms with Crippen molar-refractivity contribution in [3.63, 3.8) is 0 Å². The molecule has 1 saturated heterocycles. The van der Waals surface area contributed by atoms with Gasteiger partial charge in [0.1, 0.15) is 11.6 Å². The number of carboxylic acid groups (broad SMARTS) is 1. The Hall–Kier alpha value is -2.18. The van der Waals surface area contributed by atoms with E-state index in [0.717, 1.165) is 12.1 Å². The summed E-state index contributed by atoms with van der Waals surface area (Å²) >= 11 is 0. The van der Waals surface area contributed by atoms with Crippen LogP contribution in [0.15, 0.2) is 18.2 Å². The van der Waals surface area contributed by atoms with Crippen molar-refractivity contribution in [1.82, 2.24) is 4.90 Å². The summed E-state index contributed by atoms with van der Waals surface area (Å²) < 4.78 is 26.1. The molecule has 1 aliphatic rings. The van der Waals surface area contributed by atoms with Gasteiger partial charge in [-0.2, -0.15) is 0 Å². The summed E-state index contributed by atoms with van der Waals surface area (Å²) in [5.41, 5.74) is 0.0603. The molecule has 0 unspecified atom stereocenters. The summed E-state index contributed by atoms with van der Waals surface area (Å²) in [6, 6.07) is 3.08. The fraction of sp³-hybridized carbons (Fsp3) is 0.429. The molecule has 0 aromatic heterocycles. The zero-order valence-corrected chi connectivity index (χ0v) is 11.3. The summed E-state index contributed by atoms with van der Waals surface area (Å²) in [7, 11) is 0. The van der Waals surface area contributed by atoms with Crippen LogP contribution in [0.4, 0.5) is 14.5 Å². The number of benzene rings is 1. The fourth-order valence-electron chi connectivity index (χ4n) is 2.29. The molecule has 1 aliphatic heterocycles. The third kappa shape index (κ3) is 3.90. The Kier molecular flexibility index (Phi) is 4.72. The van der Waals surface area contributed by atoms with Crippen molar-refractivity contribution in [3.8, 4) is 0 Å². The van der Waals surface area contributed by atoms with Gasteiger partial charge >= 0.3 is 5.97 Å². The molecule has 7 heteroatoms. The van der Waals surface area contributed by atoms with Crippen molar-refractivity contribution in [1.29, 1.82) is 0 Å². The quantitative estimate of drug-likeness (QED) is 0.887. The summed E-state index contributed by atoms with van der Waals surface area (Å²) in [6.45, 7) is 0.646. The first-order valence-electron chi connectivity index (χ1n) is 6.67. The van der Waals surface area contributed by atoms with Crippen molar-refractivity contribution in [2.45, 2.75) is 12.8 Å². The maximum Gasteiger partial charge on any atom is 0.306 e. The Morgan fingerprint density at radius 2 is 1.95 bits per heavy atom. The van der Waals surface area contributed by atoms with Gasteiger partial charge in [-0.25, -0.2) is 8.78 Å². The van der Waals surface area contributed by atoms with Gasteiger partial charge in [0.05, 0.1) is 18.2 Å². The fourth-order valence-corrected chi connectivity index (χ4v) is 2.29. The Morgan fingerprint density at radius 1 is 1.29 bits per heavy atom. The van der Waals surface area contributed by atoms with E-state index in [1.165, 1.54) is 6.07 Å². The minimum absolute atomic E-state index is 0.0603. The lowest BCUT2D eigenvalue weighted by atomic mass is 9.97. The Balaban J connectivity index is 1.84. The molecule has 0 radical (unpaired) electrons. The van der Waals surface area contributed by atoms with Gasteiger partial charge in [0.15, 0.2) is 0 Å². The number of nitrogens with zero attached hydrogens (tertiary/aromatic N) is 1. The minimum Gasteiger partial charge on any atom is -0.481 e. The van der Waals surface area contributed by atoms with E-state index in [1.807, 2.05) is 0 Å². The van der Waals surface area contributed by atoms with Gasteiger partial charge in [0.2, 0.25) is 5.91 Å². The average Bonchev–Trinajstić information content (AvgIpc) is 2.46. The third-order valence-corrected chi connectivity index (χ3v) is 3.56. The predicted octanol–water partition coefficient (Wildman–Crippen LogP) is 1.70. The van der Waals surface area contributed by atoms with E-state index in [2.05, 4.69) is 5.32 Å². The molecular formula is C14H16F2N2O3. The van der Waals surface area contributed by atoms with Gasteiger partial charge in [-0.1, -0.05) is 0 Å². The van der Waals surface area contributed by atoms with Gasteiger partial charge < -0.3 is 15.3 Å². The second-order valence-corrected chi connectivity index (χ2v) is 4.97. The summed E-state index contributed by atoms with van der Waals surface area (Å²) in [6.07, 6.45) is 0.845. The lowest BCUT2D eigenvalue weighted by molar-refractivity contribution is -0.145. The summed E-state index contributed by atoms with van der Waals surface area (Å²) in [4.78, 5) is 24.3. The van der Waals surface area contributed by atoms with E-state index < -0.39 is 23.5 Å². The predicted molar refractivity (Wildman–Crippen MR) is 71.8 cm³/mol. The zero-order valence-electron chi connectivity index (χ0n) is 11.3. The number of rotatable bonds is 4. The number of piperidine rings is 1. The van der Waals surface area contributed by atoms with Crippen LogP contribution in [-0.2, 0) is 9.59 Å². The van der Waals surface area contributed by atoms with Crippen molar-refractivity contribution in [3.05, 3.63) is 29.8 Å². The minimum atomic E-state index is -0.839. The second-order valence-electron chi connectivity index (χ2n) is 4.97. The van der Waals surface area contributed by atoms with Gasteiger partial charge in [-0.15, -0.1) is 0 Å². The number of anilines is 1. The van der Waals surface area contributed by atoms with E-state index in [4.69, 9.17) is 5.11 Å². The molecule has 0 aliphatic carbocycles. The number of amides is 1. The number of carbonyl (C=O) groups excluding carboxylic acids is 1. The molecule has 21 heavy (non-hydrogen) atoms. The normalized spacial score (nSPS) is 15.8. The smallest absolute Gasteiger partial charge is 0.306 e. The van der Waals surface area contributed by atoms with Gasteiger partial charge in [-0.05, 0) is 25.0 Å². The highest BCUT2D eigenvalue weighted by Crippen LogP contribution is 2.18. The van der Waals surface area contributed by atoms with Crippen LogP contribution in [0.5, 0.6) is 0 Å². The molecule has 1 amide bonds. The first-order chi connectivity index (χ1) is 9.97. The molecule has 114 valence electrons.